The van der Waals surface area contributed by atoms with Gasteiger partial charge in [-0.1, -0.05) is 0 Å². The fourth-order valence-corrected chi connectivity index (χ4v) is 0.845. The molecule has 38 valence electrons. The number of nitrogens with two attached hydrogens (primary N) is 1. The third-order valence-corrected chi connectivity index (χ3v) is 1.37. The molecule has 1 rings (SSSR count). The maximum Gasteiger partial charge on any atom is 0.209 e. The second-order valence-electron chi connectivity index (χ2n) is 0.967. The molecular formula is C2H3N3S2. The van der Waals surface area contributed by atoms with Crippen LogP contribution in [-0.4, -0.2) is 9.36 Å². The van der Waals surface area contributed by atoms with Crippen LogP contribution >= 0.6 is 23.8 Å². The van der Waals surface area contributed by atoms with Gasteiger partial charge in [0.2, 0.25) is 5.95 Å². The van der Waals surface area contributed by atoms with Crippen molar-refractivity contribution >= 4 is 29.7 Å². The Hall–Kier alpha value is -0.420. The predicted octanol–water partition coefficient (Wildman–Crippen LogP) is 0.783. The Morgan fingerprint density at radius 3 is 2.71 bits per heavy atom. The molecule has 0 amide bonds. The lowest BCUT2D eigenvalue weighted by atomic mass is 11.1. The third-order valence-electron chi connectivity index (χ3n) is 0.455. The summed E-state index contributed by atoms with van der Waals surface area (Å²) >= 11 is 5.89. The van der Waals surface area contributed by atoms with Gasteiger partial charge in [0.05, 0.1) is 0 Å². The van der Waals surface area contributed by atoms with Crippen molar-refractivity contribution in [3.8, 4) is 0 Å². The Morgan fingerprint density at radius 2 is 2.57 bits per heavy atom. The highest BCUT2D eigenvalue weighted by atomic mass is 32.2. The number of nitrogens with zero attached hydrogens (tertiary/aromatic N) is 1. The van der Waals surface area contributed by atoms with Crippen LogP contribution in [0.2, 0.25) is 0 Å². The first-order valence-corrected chi connectivity index (χ1v) is 2.82. The Bertz CT molecular complexity index is 199. The number of nitrogen functional groups attached to an aromatic ring is 1. The Morgan fingerprint density at radius 1 is 1.86 bits per heavy atom. The molecule has 1 aromatic heterocycles. The Balaban J connectivity index is 3.30. The highest BCUT2D eigenvalue weighted by molar-refractivity contribution is 7.73. The van der Waals surface area contributed by atoms with Gasteiger partial charge in [0, 0.05) is 0 Å². The zero-order valence-electron chi connectivity index (χ0n) is 3.34. The number of nitrogens with one attached hydrogen (secondary N) is 1. The van der Waals surface area contributed by atoms with Gasteiger partial charge in [0.1, 0.15) is 0 Å². The number of aromatic amines is 1. The van der Waals surface area contributed by atoms with E-state index in [1.54, 1.807) is 0 Å². The minimum absolute atomic E-state index is 0.398. The molecule has 0 radical (unpaired) electrons. The van der Waals surface area contributed by atoms with E-state index >= 15 is 0 Å². The molecule has 0 bridgehead atoms. The van der Waals surface area contributed by atoms with Gasteiger partial charge < -0.3 is 5.73 Å². The summed E-state index contributed by atoms with van der Waals surface area (Å²) in [6, 6.07) is 0. The Kier molecular flexibility index (Phi) is 1.07. The molecule has 0 aliphatic rings. The summed E-state index contributed by atoms with van der Waals surface area (Å²) in [5.74, 6) is 0.398. The lowest BCUT2D eigenvalue weighted by Gasteiger charge is -1.68. The molecule has 7 heavy (non-hydrogen) atoms. The number of rotatable bonds is 0. The lowest BCUT2D eigenvalue weighted by molar-refractivity contribution is 1.33. The summed E-state index contributed by atoms with van der Waals surface area (Å²) in [7, 11) is 0. The molecule has 0 saturated heterocycles. The van der Waals surface area contributed by atoms with Gasteiger partial charge >= 0.3 is 0 Å². The summed E-state index contributed by atoms with van der Waals surface area (Å²) in [6.07, 6.45) is 0. The first-order chi connectivity index (χ1) is 3.29. The predicted molar refractivity (Wildman–Crippen MR) is 31.7 cm³/mol. The second-order valence-corrected chi connectivity index (χ2v) is 2.41. The molecule has 5 heteroatoms. The van der Waals surface area contributed by atoms with Crippen LogP contribution in [0.25, 0.3) is 0 Å². The van der Waals surface area contributed by atoms with Crippen LogP contribution in [0.4, 0.5) is 5.95 Å². The van der Waals surface area contributed by atoms with Gasteiger partial charge in [-0.15, -0.1) is 0 Å². The average Bonchev–Trinajstić information content (AvgIpc) is 1.87. The summed E-state index contributed by atoms with van der Waals surface area (Å²) < 4.78 is 3.23. The largest absolute Gasteiger partial charge is 0.369 e. The van der Waals surface area contributed by atoms with Crippen LogP contribution < -0.4 is 5.73 Å². The molecule has 0 atom stereocenters. The zero-order chi connectivity index (χ0) is 5.28. The van der Waals surface area contributed by atoms with Crippen molar-refractivity contribution in [3.63, 3.8) is 0 Å². The quantitative estimate of drug-likeness (QED) is 0.514. The van der Waals surface area contributed by atoms with E-state index in [0.29, 0.717) is 9.90 Å². The number of hydrogen-bond donors (Lipinski definition) is 2. The second kappa shape index (κ2) is 1.59. The maximum absolute atomic E-state index is 5.16. The Labute approximate surface area is 49.4 Å². The highest BCUT2D eigenvalue weighted by Crippen LogP contribution is 1.96. The number of hydrogen-bond acceptors (Lipinski definition) is 4. The van der Waals surface area contributed by atoms with Crippen LogP contribution in [0, 0.1) is 3.95 Å². The lowest BCUT2D eigenvalue weighted by Crippen LogP contribution is -1.83. The molecule has 0 aliphatic carbocycles. The highest BCUT2D eigenvalue weighted by Gasteiger charge is 1.82. The van der Waals surface area contributed by atoms with Gasteiger partial charge in [-0.05, 0) is 23.8 Å². The minimum atomic E-state index is 0.398. The SMILES string of the molecule is Nc1nc(=S)s[nH]1. The summed E-state index contributed by atoms with van der Waals surface area (Å²) in [6.45, 7) is 0. The van der Waals surface area contributed by atoms with Crippen molar-refractivity contribution < 1.29 is 0 Å². The van der Waals surface area contributed by atoms with E-state index in [1.165, 1.54) is 11.5 Å². The van der Waals surface area contributed by atoms with Crippen molar-refractivity contribution in [1.29, 1.82) is 0 Å². The standard InChI is InChI=1S/C2H3N3S2/c3-1-4-2(6)7-5-1/h(H3,3,4,5,6). The van der Waals surface area contributed by atoms with Gasteiger partial charge in [-0.3, -0.25) is 4.37 Å². The van der Waals surface area contributed by atoms with Crippen LogP contribution in [0.3, 0.4) is 0 Å². The van der Waals surface area contributed by atoms with E-state index < -0.39 is 0 Å². The van der Waals surface area contributed by atoms with Crippen molar-refractivity contribution in [2.45, 2.75) is 0 Å². The van der Waals surface area contributed by atoms with Gasteiger partial charge in [0.25, 0.3) is 0 Å². The molecule has 0 aromatic carbocycles. The first-order valence-electron chi connectivity index (χ1n) is 1.60. The molecule has 3 nitrogen and oxygen atoms in total. The molecule has 3 N–H and O–H groups in total. The van der Waals surface area contributed by atoms with Crippen molar-refractivity contribution in [1.82, 2.24) is 9.36 Å². The van der Waals surface area contributed by atoms with Crippen LogP contribution in [0.5, 0.6) is 0 Å². The molecule has 0 fully saturated rings. The monoisotopic (exact) mass is 133 g/mol. The summed E-state index contributed by atoms with van der Waals surface area (Å²) in [4.78, 5) is 3.67. The van der Waals surface area contributed by atoms with Gasteiger partial charge in [-0.25, -0.2) is 0 Å². The van der Waals surface area contributed by atoms with Crippen LogP contribution in [-0.2, 0) is 0 Å². The summed E-state index contributed by atoms with van der Waals surface area (Å²) in [5, 5.41) is 0. The molecule has 0 saturated carbocycles. The molecule has 0 aliphatic heterocycles. The normalized spacial score (nSPS) is 9.14. The van der Waals surface area contributed by atoms with E-state index in [9.17, 15) is 0 Å². The third kappa shape index (κ3) is 0.971. The fraction of sp³-hybridized carbons (Fsp3) is 0. The molecule has 1 aromatic rings. The molecular weight excluding hydrogens is 130 g/mol. The van der Waals surface area contributed by atoms with E-state index in [2.05, 4.69) is 21.6 Å². The number of aromatic nitrogens is 2. The molecule has 0 spiro atoms. The first kappa shape index (κ1) is 4.73. The van der Waals surface area contributed by atoms with Crippen LogP contribution in [0.1, 0.15) is 0 Å². The maximum atomic E-state index is 5.16. The van der Waals surface area contributed by atoms with E-state index in [1.807, 2.05) is 0 Å². The number of H-pyrrole nitrogens is 1. The number of anilines is 1. The van der Waals surface area contributed by atoms with E-state index in [-0.39, 0.29) is 0 Å². The van der Waals surface area contributed by atoms with Crippen molar-refractivity contribution in [2.75, 3.05) is 5.73 Å². The summed E-state index contributed by atoms with van der Waals surface area (Å²) in [5.41, 5.74) is 5.16. The smallest absolute Gasteiger partial charge is 0.209 e. The van der Waals surface area contributed by atoms with E-state index in [4.69, 9.17) is 5.73 Å². The van der Waals surface area contributed by atoms with E-state index in [0.717, 1.165) is 0 Å². The van der Waals surface area contributed by atoms with Crippen LogP contribution in [0.15, 0.2) is 0 Å². The zero-order valence-corrected chi connectivity index (χ0v) is 4.97. The van der Waals surface area contributed by atoms with Gasteiger partial charge in [0.15, 0.2) is 3.95 Å². The van der Waals surface area contributed by atoms with Gasteiger partial charge in [-0.2, -0.15) is 4.98 Å². The topological polar surface area (TPSA) is 54.7 Å². The molecule has 0 unspecified atom stereocenters. The average molecular weight is 133 g/mol. The fourth-order valence-electron chi connectivity index (χ4n) is 0.240. The van der Waals surface area contributed by atoms with Crippen molar-refractivity contribution in [2.24, 2.45) is 0 Å². The molecule has 1 heterocycles. The van der Waals surface area contributed by atoms with Crippen molar-refractivity contribution in [3.05, 3.63) is 3.95 Å². The minimum Gasteiger partial charge on any atom is -0.369 e.